The summed E-state index contributed by atoms with van der Waals surface area (Å²) in [5.74, 6) is -0.637. The van der Waals surface area contributed by atoms with Gasteiger partial charge in [0.25, 0.3) is 5.91 Å². The van der Waals surface area contributed by atoms with Crippen LogP contribution in [0, 0.1) is 5.92 Å². The Morgan fingerprint density at radius 3 is 2.50 bits per heavy atom. The molecule has 8 nitrogen and oxygen atoms in total. The molecule has 0 saturated heterocycles. The van der Waals surface area contributed by atoms with E-state index < -0.39 is 11.9 Å². The zero-order valence-corrected chi connectivity index (χ0v) is 10.6. The summed E-state index contributed by atoms with van der Waals surface area (Å²) in [6.45, 7) is 6.07. The second kappa shape index (κ2) is 5.99. The molecule has 1 aromatic heterocycles. The fourth-order valence-electron chi connectivity index (χ4n) is 1.14. The molecule has 0 aliphatic rings. The predicted molar refractivity (Wildman–Crippen MR) is 63.5 cm³/mol. The smallest absolute Gasteiger partial charge is 0.278 e. The quantitative estimate of drug-likeness (QED) is 0.654. The van der Waals surface area contributed by atoms with Gasteiger partial charge in [0.2, 0.25) is 17.4 Å². The number of nitrogens with zero attached hydrogens (tertiary/aromatic N) is 2. The van der Waals surface area contributed by atoms with E-state index in [1.165, 1.54) is 0 Å². The van der Waals surface area contributed by atoms with Crippen LogP contribution < -0.4 is 16.4 Å². The number of amides is 2. The lowest BCUT2D eigenvalue weighted by atomic mass is 10.2. The molecule has 4 N–H and O–H groups in total. The Morgan fingerprint density at radius 1 is 1.33 bits per heavy atom. The molecule has 1 heterocycles. The van der Waals surface area contributed by atoms with E-state index in [-0.39, 0.29) is 17.4 Å². The average Bonchev–Trinajstić information content (AvgIpc) is 2.72. The number of hydrogen-bond donors (Lipinski definition) is 3. The van der Waals surface area contributed by atoms with Gasteiger partial charge in [0.05, 0.1) is 0 Å². The lowest BCUT2D eigenvalue weighted by molar-refractivity contribution is -0.122. The van der Waals surface area contributed by atoms with Crippen molar-refractivity contribution in [2.75, 3.05) is 12.3 Å². The van der Waals surface area contributed by atoms with E-state index in [9.17, 15) is 9.59 Å². The lowest BCUT2D eigenvalue weighted by Gasteiger charge is -2.14. The van der Waals surface area contributed by atoms with Gasteiger partial charge in [0.15, 0.2) is 0 Å². The van der Waals surface area contributed by atoms with E-state index in [4.69, 9.17) is 5.73 Å². The van der Waals surface area contributed by atoms with Gasteiger partial charge < -0.3 is 16.4 Å². The van der Waals surface area contributed by atoms with E-state index >= 15 is 0 Å². The third-order valence-electron chi connectivity index (χ3n) is 2.15. The Labute approximate surface area is 104 Å². The monoisotopic (exact) mass is 255 g/mol. The van der Waals surface area contributed by atoms with Crippen LogP contribution in [0.25, 0.3) is 0 Å². The molecule has 1 aromatic rings. The first-order valence-electron chi connectivity index (χ1n) is 5.58. The van der Waals surface area contributed by atoms with Crippen LogP contribution in [0.4, 0.5) is 5.82 Å². The minimum atomic E-state index is -0.688. The van der Waals surface area contributed by atoms with Crippen molar-refractivity contribution in [1.82, 2.24) is 20.9 Å². The number of aromatic nitrogens is 2. The van der Waals surface area contributed by atoms with E-state index in [1.807, 2.05) is 13.8 Å². The summed E-state index contributed by atoms with van der Waals surface area (Å²) in [7, 11) is 0. The highest BCUT2D eigenvalue weighted by molar-refractivity contribution is 5.98. The van der Waals surface area contributed by atoms with Crippen LogP contribution in [0.15, 0.2) is 4.63 Å². The van der Waals surface area contributed by atoms with Gasteiger partial charge in [-0.2, -0.15) is 0 Å². The third kappa shape index (κ3) is 3.72. The molecule has 0 fully saturated rings. The van der Waals surface area contributed by atoms with Crippen LogP contribution in [0.2, 0.25) is 0 Å². The van der Waals surface area contributed by atoms with E-state index in [2.05, 4.69) is 25.6 Å². The highest BCUT2D eigenvalue weighted by Gasteiger charge is 2.21. The fraction of sp³-hybridized carbons (Fsp3) is 0.600. The minimum absolute atomic E-state index is 0.109. The number of carbonyl (C=O) groups is 2. The van der Waals surface area contributed by atoms with Gasteiger partial charge in [0, 0.05) is 6.54 Å². The zero-order chi connectivity index (χ0) is 13.7. The van der Waals surface area contributed by atoms with E-state index in [0.717, 1.165) is 0 Å². The number of anilines is 1. The van der Waals surface area contributed by atoms with Gasteiger partial charge in [-0.15, -0.1) is 0 Å². The molecule has 0 aromatic carbocycles. The standard InChI is InChI=1S/C10H17N5O3/c1-5(2)4-12-9(16)6(3)13-10(17)7-8(11)15-18-14-7/h5-6H,4H2,1-3H3,(H2,11,15)(H,12,16)(H,13,17). The summed E-state index contributed by atoms with van der Waals surface area (Å²) < 4.78 is 4.30. The van der Waals surface area contributed by atoms with Gasteiger partial charge in [-0.05, 0) is 23.2 Å². The fourth-order valence-corrected chi connectivity index (χ4v) is 1.14. The Morgan fingerprint density at radius 2 is 2.00 bits per heavy atom. The van der Waals surface area contributed by atoms with Gasteiger partial charge >= 0.3 is 0 Å². The summed E-state index contributed by atoms with van der Waals surface area (Å²) >= 11 is 0. The first-order chi connectivity index (χ1) is 8.41. The number of nitrogens with two attached hydrogens (primary N) is 1. The first kappa shape index (κ1) is 13.9. The van der Waals surface area contributed by atoms with Gasteiger partial charge in [-0.1, -0.05) is 13.8 Å². The van der Waals surface area contributed by atoms with Crippen LogP contribution in [-0.4, -0.2) is 34.7 Å². The second-order valence-corrected chi connectivity index (χ2v) is 4.33. The maximum Gasteiger partial charge on any atom is 0.278 e. The zero-order valence-electron chi connectivity index (χ0n) is 10.6. The number of nitrogen functional groups attached to an aromatic ring is 1. The van der Waals surface area contributed by atoms with Crippen molar-refractivity contribution in [3.05, 3.63) is 5.69 Å². The molecule has 2 amide bonds. The van der Waals surface area contributed by atoms with Crippen molar-refractivity contribution in [2.45, 2.75) is 26.8 Å². The molecule has 1 rings (SSSR count). The first-order valence-corrected chi connectivity index (χ1v) is 5.58. The van der Waals surface area contributed by atoms with E-state index in [1.54, 1.807) is 6.92 Å². The van der Waals surface area contributed by atoms with Crippen molar-refractivity contribution in [1.29, 1.82) is 0 Å². The molecule has 18 heavy (non-hydrogen) atoms. The van der Waals surface area contributed by atoms with Gasteiger partial charge in [0.1, 0.15) is 6.04 Å². The number of carbonyl (C=O) groups excluding carboxylic acids is 2. The van der Waals surface area contributed by atoms with Crippen LogP contribution in [0.5, 0.6) is 0 Å². The molecule has 0 bridgehead atoms. The Bertz CT molecular complexity index is 429. The van der Waals surface area contributed by atoms with Crippen LogP contribution in [0.1, 0.15) is 31.3 Å². The third-order valence-corrected chi connectivity index (χ3v) is 2.15. The maximum absolute atomic E-state index is 11.6. The van der Waals surface area contributed by atoms with Crippen LogP contribution >= 0.6 is 0 Å². The van der Waals surface area contributed by atoms with Gasteiger partial charge in [-0.3, -0.25) is 9.59 Å². The van der Waals surface area contributed by atoms with Crippen molar-refractivity contribution in [2.24, 2.45) is 5.92 Å². The van der Waals surface area contributed by atoms with Crippen molar-refractivity contribution >= 4 is 17.6 Å². The van der Waals surface area contributed by atoms with Crippen molar-refractivity contribution in [3.63, 3.8) is 0 Å². The minimum Gasteiger partial charge on any atom is -0.379 e. The topological polar surface area (TPSA) is 123 Å². The van der Waals surface area contributed by atoms with Crippen LogP contribution in [0.3, 0.4) is 0 Å². The van der Waals surface area contributed by atoms with Crippen molar-refractivity contribution in [3.8, 4) is 0 Å². The molecule has 0 spiro atoms. The Kier molecular flexibility index (Phi) is 4.64. The molecule has 8 heteroatoms. The molecule has 100 valence electrons. The number of hydrogen-bond acceptors (Lipinski definition) is 6. The van der Waals surface area contributed by atoms with Gasteiger partial charge in [-0.25, -0.2) is 4.63 Å². The van der Waals surface area contributed by atoms with Crippen LogP contribution in [-0.2, 0) is 4.79 Å². The molecule has 1 atom stereocenters. The largest absolute Gasteiger partial charge is 0.379 e. The molecule has 0 saturated carbocycles. The van der Waals surface area contributed by atoms with E-state index in [0.29, 0.717) is 12.5 Å². The second-order valence-electron chi connectivity index (χ2n) is 4.33. The molecular weight excluding hydrogens is 238 g/mol. The maximum atomic E-state index is 11.6. The highest BCUT2D eigenvalue weighted by atomic mass is 16.6. The SMILES string of the molecule is CC(C)CNC(=O)C(C)NC(=O)c1nonc1N. The number of nitrogens with one attached hydrogen (secondary N) is 2. The summed E-state index contributed by atoms with van der Waals surface area (Å²) in [6, 6.07) is -0.688. The lowest BCUT2D eigenvalue weighted by Crippen LogP contribution is -2.45. The van der Waals surface area contributed by atoms with Crippen molar-refractivity contribution < 1.29 is 14.2 Å². The molecule has 0 aliphatic carbocycles. The molecule has 0 aliphatic heterocycles. The predicted octanol–water partition coefficient (Wildman–Crippen LogP) is -0.458. The summed E-state index contributed by atoms with van der Waals surface area (Å²) in [5, 5.41) is 11.8. The molecular formula is C10H17N5O3. The normalized spacial score (nSPS) is 12.2. The Balaban J connectivity index is 2.49. The summed E-state index contributed by atoms with van der Waals surface area (Å²) in [5.41, 5.74) is 5.24. The highest BCUT2D eigenvalue weighted by Crippen LogP contribution is 2.03. The summed E-state index contributed by atoms with van der Waals surface area (Å²) in [4.78, 5) is 23.3. The molecule has 0 radical (unpaired) electrons. The number of rotatable bonds is 5. The Hall–Kier alpha value is -2.12. The average molecular weight is 255 g/mol. The molecule has 1 unspecified atom stereocenters. The summed E-state index contributed by atoms with van der Waals surface area (Å²) in [6.07, 6.45) is 0.